The van der Waals surface area contributed by atoms with E-state index in [1.165, 1.54) is 5.56 Å². The molecule has 1 atom stereocenters. The summed E-state index contributed by atoms with van der Waals surface area (Å²) in [7, 11) is 0. The normalized spacial score (nSPS) is 19.6. The van der Waals surface area contributed by atoms with Crippen LogP contribution in [0.3, 0.4) is 0 Å². The zero-order valence-corrected chi connectivity index (χ0v) is 18.3. The first-order chi connectivity index (χ1) is 12.6. The molecule has 0 aromatic heterocycles. The average molecular weight is 444 g/mol. The first kappa shape index (κ1) is 23.5. The number of nitrogens with zero attached hydrogens (tertiary/aromatic N) is 1. The molecule has 6 heteroatoms. The van der Waals surface area contributed by atoms with E-state index < -0.39 is 5.60 Å². The minimum Gasteiger partial charge on any atom is -0.389 e. The standard InChI is InChI=1S/C22H27ClN2O.2ClH/c23-20-4-1-3-19(15-20)17-5-7-18(8-6-17)21(22(26)9-2-10-22)16-25-13-11-24-12-14-25;;/h1,3-8,15,21,24,26H,2,9-14,16H2;2*1H. The lowest BCUT2D eigenvalue weighted by atomic mass is 9.68. The molecule has 2 aromatic rings. The van der Waals surface area contributed by atoms with Crippen LogP contribution in [0.5, 0.6) is 0 Å². The van der Waals surface area contributed by atoms with Crippen LogP contribution in [0.4, 0.5) is 0 Å². The van der Waals surface area contributed by atoms with Gasteiger partial charge in [-0.05, 0) is 48.1 Å². The van der Waals surface area contributed by atoms with Crippen molar-refractivity contribution in [3.8, 4) is 11.1 Å². The highest BCUT2D eigenvalue weighted by Crippen LogP contribution is 2.44. The average Bonchev–Trinajstić information content (AvgIpc) is 2.65. The van der Waals surface area contributed by atoms with Gasteiger partial charge in [-0.3, -0.25) is 0 Å². The van der Waals surface area contributed by atoms with E-state index in [0.29, 0.717) is 0 Å². The predicted octanol–water partition coefficient (Wildman–Crippen LogP) is 4.75. The summed E-state index contributed by atoms with van der Waals surface area (Å²) in [5.41, 5.74) is 3.00. The second kappa shape index (κ2) is 10.3. The molecule has 1 heterocycles. The highest BCUT2D eigenvalue weighted by Gasteiger charge is 2.43. The lowest BCUT2D eigenvalue weighted by Crippen LogP contribution is -2.51. The quantitative estimate of drug-likeness (QED) is 0.699. The third-order valence-corrected chi connectivity index (χ3v) is 6.22. The number of hydrogen-bond acceptors (Lipinski definition) is 3. The van der Waals surface area contributed by atoms with Gasteiger partial charge in [0, 0.05) is 43.7 Å². The van der Waals surface area contributed by atoms with Crippen LogP contribution >= 0.6 is 36.4 Å². The maximum absolute atomic E-state index is 11.1. The third-order valence-electron chi connectivity index (χ3n) is 5.99. The van der Waals surface area contributed by atoms with Crippen LogP contribution in [0.25, 0.3) is 11.1 Å². The predicted molar refractivity (Wildman–Crippen MR) is 122 cm³/mol. The smallest absolute Gasteiger partial charge is 0.0728 e. The molecule has 0 amide bonds. The maximum Gasteiger partial charge on any atom is 0.0728 e. The van der Waals surface area contributed by atoms with Gasteiger partial charge in [0.15, 0.2) is 0 Å². The third kappa shape index (κ3) is 5.21. The number of piperazine rings is 1. The number of nitrogens with one attached hydrogen (secondary N) is 1. The van der Waals surface area contributed by atoms with E-state index in [-0.39, 0.29) is 30.7 Å². The van der Waals surface area contributed by atoms with E-state index in [1.54, 1.807) is 0 Å². The van der Waals surface area contributed by atoms with Crippen molar-refractivity contribution in [1.82, 2.24) is 10.2 Å². The Morgan fingerprint density at radius 1 is 1.00 bits per heavy atom. The van der Waals surface area contributed by atoms with Crippen molar-refractivity contribution in [1.29, 1.82) is 0 Å². The SMILES string of the molecule is Cl.Cl.OC1(C(CN2CCNCC2)c2ccc(-c3cccc(Cl)c3)cc2)CCC1. The van der Waals surface area contributed by atoms with Crippen LogP contribution in [-0.2, 0) is 0 Å². The fraction of sp³-hybridized carbons (Fsp3) is 0.455. The molecule has 2 N–H and O–H groups in total. The molecule has 1 saturated heterocycles. The first-order valence-electron chi connectivity index (χ1n) is 9.65. The number of halogens is 3. The molecule has 154 valence electrons. The molecule has 1 aliphatic carbocycles. The highest BCUT2D eigenvalue weighted by atomic mass is 35.5. The topological polar surface area (TPSA) is 35.5 Å². The first-order valence-corrected chi connectivity index (χ1v) is 10.0. The number of aliphatic hydroxyl groups is 1. The summed E-state index contributed by atoms with van der Waals surface area (Å²) < 4.78 is 0. The van der Waals surface area contributed by atoms with Crippen molar-refractivity contribution in [3.05, 3.63) is 59.1 Å². The molecular weight excluding hydrogens is 415 g/mol. The Balaban J connectivity index is 0.00000140. The van der Waals surface area contributed by atoms with Crippen LogP contribution in [0.2, 0.25) is 5.02 Å². The molecule has 1 aliphatic heterocycles. The number of rotatable bonds is 5. The summed E-state index contributed by atoms with van der Waals surface area (Å²) in [5, 5.41) is 15.3. The van der Waals surface area contributed by atoms with Crippen molar-refractivity contribution >= 4 is 36.4 Å². The summed E-state index contributed by atoms with van der Waals surface area (Å²) in [6.45, 7) is 5.15. The van der Waals surface area contributed by atoms with Crippen LogP contribution in [0, 0.1) is 0 Å². The van der Waals surface area contributed by atoms with Gasteiger partial charge in [-0.25, -0.2) is 0 Å². The van der Waals surface area contributed by atoms with Crippen molar-refractivity contribution in [2.45, 2.75) is 30.8 Å². The lowest BCUT2D eigenvalue weighted by Gasteiger charge is -2.46. The van der Waals surface area contributed by atoms with Crippen molar-refractivity contribution in [2.75, 3.05) is 32.7 Å². The molecule has 0 radical (unpaired) electrons. The minimum atomic E-state index is -0.539. The zero-order valence-electron chi connectivity index (χ0n) is 15.9. The Morgan fingerprint density at radius 3 is 2.25 bits per heavy atom. The number of benzene rings is 2. The summed E-state index contributed by atoms with van der Waals surface area (Å²) in [5.74, 6) is 0.183. The van der Waals surface area contributed by atoms with E-state index in [1.807, 2.05) is 18.2 Å². The van der Waals surface area contributed by atoms with Crippen molar-refractivity contribution < 1.29 is 5.11 Å². The summed E-state index contributed by atoms with van der Waals surface area (Å²) in [6, 6.07) is 16.7. The van der Waals surface area contributed by atoms with E-state index in [4.69, 9.17) is 11.6 Å². The van der Waals surface area contributed by atoms with Gasteiger partial charge in [0.1, 0.15) is 0 Å². The lowest BCUT2D eigenvalue weighted by molar-refractivity contribution is -0.0652. The molecule has 28 heavy (non-hydrogen) atoms. The summed E-state index contributed by atoms with van der Waals surface area (Å²) >= 11 is 6.13. The molecule has 3 nitrogen and oxygen atoms in total. The summed E-state index contributed by atoms with van der Waals surface area (Å²) in [6.07, 6.45) is 2.97. The molecule has 4 rings (SSSR count). The second-order valence-corrected chi connectivity index (χ2v) is 8.13. The maximum atomic E-state index is 11.1. The Bertz CT molecular complexity index is 744. The van der Waals surface area contributed by atoms with Crippen molar-refractivity contribution in [3.63, 3.8) is 0 Å². The van der Waals surface area contributed by atoms with Gasteiger partial charge in [-0.1, -0.05) is 48.0 Å². The number of hydrogen-bond donors (Lipinski definition) is 2. The molecule has 1 unspecified atom stereocenters. The zero-order chi connectivity index (χ0) is 18.0. The van der Waals surface area contributed by atoms with Crippen LogP contribution in [0.15, 0.2) is 48.5 Å². The molecule has 0 spiro atoms. The van der Waals surface area contributed by atoms with Gasteiger partial charge in [0.2, 0.25) is 0 Å². The van der Waals surface area contributed by atoms with Gasteiger partial charge in [0.05, 0.1) is 5.60 Å². The van der Waals surface area contributed by atoms with Crippen LogP contribution in [-0.4, -0.2) is 48.3 Å². The van der Waals surface area contributed by atoms with Crippen LogP contribution in [0.1, 0.15) is 30.7 Å². The fourth-order valence-electron chi connectivity index (χ4n) is 4.20. The van der Waals surface area contributed by atoms with E-state index in [0.717, 1.165) is 68.1 Å². The Hall–Kier alpha value is -0.810. The molecule has 0 bridgehead atoms. The van der Waals surface area contributed by atoms with Gasteiger partial charge < -0.3 is 15.3 Å². The van der Waals surface area contributed by atoms with Gasteiger partial charge in [-0.15, -0.1) is 24.8 Å². The van der Waals surface area contributed by atoms with E-state index in [9.17, 15) is 5.11 Å². The van der Waals surface area contributed by atoms with Gasteiger partial charge in [-0.2, -0.15) is 0 Å². The monoisotopic (exact) mass is 442 g/mol. The van der Waals surface area contributed by atoms with E-state index in [2.05, 4.69) is 40.5 Å². The Morgan fingerprint density at radius 2 is 1.68 bits per heavy atom. The van der Waals surface area contributed by atoms with Crippen LogP contribution < -0.4 is 5.32 Å². The highest BCUT2D eigenvalue weighted by molar-refractivity contribution is 6.30. The summed E-state index contributed by atoms with van der Waals surface area (Å²) in [4.78, 5) is 2.49. The fourth-order valence-corrected chi connectivity index (χ4v) is 4.39. The van der Waals surface area contributed by atoms with Crippen molar-refractivity contribution in [2.24, 2.45) is 0 Å². The van der Waals surface area contributed by atoms with E-state index >= 15 is 0 Å². The van der Waals surface area contributed by atoms with Gasteiger partial charge >= 0.3 is 0 Å². The minimum absolute atomic E-state index is 0. The molecule has 2 aliphatic rings. The molecule has 2 aromatic carbocycles. The molecular formula is C22H29Cl3N2O. The second-order valence-electron chi connectivity index (χ2n) is 7.69. The molecule has 1 saturated carbocycles. The van der Waals surface area contributed by atoms with Gasteiger partial charge in [0.25, 0.3) is 0 Å². The Kier molecular flexibility index (Phi) is 8.62. The largest absolute Gasteiger partial charge is 0.389 e. The Labute approximate surface area is 185 Å². The molecule has 2 fully saturated rings.